The van der Waals surface area contributed by atoms with E-state index >= 15 is 0 Å². The minimum Gasteiger partial charge on any atom is -0.485 e. The molecule has 0 bridgehead atoms. The van der Waals surface area contributed by atoms with Crippen LogP contribution in [0.25, 0.3) is 0 Å². The van der Waals surface area contributed by atoms with Crippen molar-refractivity contribution in [3.63, 3.8) is 0 Å². The zero-order valence-corrected chi connectivity index (χ0v) is 14.9. The number of fused-ring (bicyclic) bond motifs is 1. The van der Waals surface area contributed by atoms with Crippen LogP contribution in [0.3, 0.4) is 0 Å². The van der Waals surface area contributed by atoms with Crippen molar-refractivity contribution in [3.8, 4) is 11.5 Å². The van der Waals surface area contributed by atoms with Gasteiger partial charge in [-0.2, -0.15) is 0 Å². The van der Waals surface area contributed by atoms with Crippen LogP contribution < -0.4 is 9.47 Å². The molecular formula is C15H23NO5Si. The van der Waals surface area contributed by atoms with Gasteiger partial charge in [-0.05, 0) is 19.2 Å². The first-order valence-corrected chi connectivity index (χ1v) is 10.1. The fraction of sp³-hybridized carbons (Fsp3) is 0.600. The van der Waals surface area contributed by atoms with Crippen molar-refractivity contribution in [3.05, 3.63) is 28.3 Å². The highest BCUT2D eigenvalue weighted by molar-refractivity contribution is 6.48. The molecule has 7 heteroatoms. The van der Waals surface area contributed by atoms with E-state index < -0.39 is 19.6 Å². The van der Waals surface area contributed by atoms with Gasteiger partial charge in [-0.1, -0.05) is 20.8 Å². The first kappa shape index (κ1) is 16.8. The molecule has 1 aromatic carbocycles. The van der Waals surface area contributed by atoms with E-state index in [1.807, 2.05) is 0 Å². The molecule has 0 N–H and O–H groups in total. The molecule has 0 aliphatic carbocycles. The van der Waals surface area contributed by atoms with E-state index in [1.165, 1.54) is 12.1 Å². The van der Waals surface area contributed by atoms with Crippen LogP contribution in [-0.2, 0) is 4.43 Å². The maximum absolute atomic E-state index is 11.0. The fourth-order valence-electron chi connectivity index (χ4n) is 2.20. The quantitative estimate of drug-likeness (QED) is 0.483. The minimum atomic E-state index is -1.21. The van der Waals surface area contributed by atoms with E-state index in [1.54, 1.807) is 6.07 Å². The third kappa shape index (κ3) is 3.25. The van der Waals surface area contributed by atoms with Gasteiger partial charge in [-0.15, -0.1) is 0 Å². The maximum atomic E-state index is 11.0. The molecule has 0 amide bonds. The number of benzene rings is 1. The van der Waals surface area contributed by atoms with Crippen molar-refractivity contribution in [2.75, 3.05) is 13.2 Å². The highest BCUT2D eigenvalue weighted by Crippen LogP contribution is 2.44. The van der Waals surface area contributed by atoms with Crippen molar-refractivity contribution in [1.29, 1.82) is 0 Å². The van der Waals surface area contributed by atoms with Crippen molar-refractivity contribution < 1.29 is 18.8 Å². The lowest BCUT2D eigenvalue weighted by Crippen LogP contribution is -2.58. The van der Waals surface area contributed by atoms with E-state index in [4.69, 9.17) is 13.9 Å². The summed E-state index contributed by atoms with van der Waals surface area (Å²) < 4.78 is 17.9. The zero-order valence-electron chi connectivity index (χ0n) is 13.7. The molecule has 1 heterocycles. The Kier molecular flexibility index (Phi) is 4.48. The van der Waals surface area contributed by atoms with Crippen LogP contribution in [0.1, 0.15) is 20.8 Å². The monoisotopic (exact) mass is 325 g/mol. The van der Waals surface area contributed by atoms with Crippen LogP contribution in [0.5, 0.6) is 11.5 Å². The summed E-state index contributed by atoms with van der Waals surface area (Å²) in [6.07, 6.45) is 0. The molecular weight excluding hydrogens is 302 g/mol. The molecule has 22 heavy (non-hydrogen) atoms. The second kappa shape index (κ2) is 5.89. The number of hydrogen-bond acceptors (Lipinski definition) is 5. The number of nitro benzene ring substituents is 1. The summed E-state index contributed by atoms with van der Waals surface area (Å²) in [5, 5.41) is 11.0. The second-order valence-electron chi connectivity index (χ2n) is 6.88. The summed E-state index contributed by atoms with van der Waals surface area (Å²) in [6.45, 7) is 11.2. The molecule has 6 nitrogen and oxygen atoms in total. The number of nitro groups is 1. The Labute approximate surface area is 132 Å². The van der Waals surface area contributed by atoms with E-state index in [0.717, 1.165) is 0 Å². The van der Waals surface area contributed by atoms with Crippen molar-refractivity contribution >= 4 is 14.7 Å². The summed E-state index contributed by atoms with van der Waals surface area (Å²) in [5.74, 6) is 0.941. The average Bonchev–Trinajstić information content (AvgIpc) is 2.42. The average molecular weight is 325 g/mol. The Balaban J connectivity index is 2.35. The number of hydrogen-bond donors (Lipinski definition) is 0. The molecule has 0 radical (unpaired) electrons. The minimum absolute atomic E-state index is 0.00814. The summed E-state index contributed by atoms with van der Waals surface area (Å²) in [5.41, 5.74) is -0.906. The number of ether oxygens (including phenoxy) is 2. The molecule has 0 saturated heterocycles. The van der Waals surface area contributed by atoms with Gasteiger partial charge >= 0.3 is 0 Å². The highest BCUT2D eigenvalue weighted by atomic mass is 28.3. The normalized spacial score (nSPS) is 21.0. The smallest absolute Gasteiger partial charge is 0.273 e. The lowest BCUT2D eigenvalue weighted by molar-refractivity contribution is -0.385. The Bertz CT molecular complexity index is 570. The highest BCUT2D eigenvalue weighted by Gasteiger charge is 2.48. The molecule has 0 fully saturated rings. The maximum Gasteiger partial charge on any atom is 0.273 e. The van der Waals surface area contributed by atoms with Gasteiger partial charge in [0, 0.05) is 11.5 Å². The van der Waals surface area contributed by atoms with Crippen LogP contribution in [0.15, 0.2) is 18.2 Å². The molecule has 1 aliphatic heterocycles. The van der Waals surface area contributed by atoms with Gasteiger partial charge < -0.3 is 13.9 Å². The van der Waals surface area contributed by atoms with Gasteiger partial charge in [0.25, 0.3) is 5.69 Å². The van der Waals surface area contributed by atoms with Crippen molar-refractivity contribution in [2.45, 2.75) is 39.5 Å². The lowest BCUT2D eigenvalue weighted by Gasteiger charge is -2.46. The molecule has 1 aromatic rings. The van der Waals surface area contributed by atoms with E-state index in [0.29, 0.717) is 24.7 Å². The Morgan fingerprint density at radius 1 is 1.36 bits per heavy atom. The zero-order chi connectivity index (χ0) is 16.5. The van der Waals surface area contributed by atoms with E-state index in [9.17, 15) is 10.1 Å². The van der Waals surface area contributed by atoms with Crippen molar-refractivity contribution in [2.24, 2.45) is 5.41 Å². The predicted molar refractivity (Wildman–Crippen MR) is 86.2 cm³/mol. The van der Waals surface area contributed by atoms with Crippen LogP contribution >= 0.6 is 0 Å². The Morgan fingerprint density at radius 2 is 2.05 bits per heavy atom. The number of rotatable bonds is 4. The van der Waals surface area contributed by atoms with Gasteiger partial charge in [-0.3, -0.25) is 10.1 Å². The van der Waals surface area contributed by atoms with E-state index in [2.05, 4.69) is 33.9 Å². The second-order valence-corrected chi connectivity index (χ2v) is 9.31. The first-order chi connectivity index (χ1) is 10.1. The summed E-state index contributed by atoms with van der Waals surface area (Å²) in [7, 11) is -1.21. The fourth-order valence-corrected chi connectivity index (χ4v) is 2.80. The summed E-state index contributed by atoms with van der Waals surface area (Å²) in [4.78, 5) is 10.5. The SMILES string of the molecule is C[SiH](C)OCC1(C(C)(C)C)COc2ccc([N+](=O)[O-])cc2O1. The molecule has 0 saturated carbocycles. The topological polar surface area (TPSA) is 70.8 Å². The van der Waals surface area contributed by atoms with Crippen LogP contribution in [0.2, 0.25) is 13.1 Å². The van der Waals surface area contributed by atoms with E-state index in [-0.39, 0.29) is 11.1 Å². The molecule has 1 aliphatic rings. The molecule has 0 spiro atoms. The summed E-state index contributed by atoms with van der Waals surface area (Å²) >= 11 is 0. The molecule has 1 atom stereocenters. The lowest BCUT2D eigenvalue weighted by atomic mass is 9.76. The predicted octanol–water partition coefficient (Wildman–Crippen LogP) is 3.15. The standard InChI is InChI=1S/C15H23NO5Si/c1-14(2,3)15(10-20-22(4)5)9-19-12-7-6-11(16(17)18)8-13(12)21-15/h6-8,22H,9-10H2,1-5H3. The number of nitrogens with zero attached hydrogens (tertiary/aromatic N) is 1. The Morgan fingerprint density at radius 3 is 2.59 bits per heavy atom. The number of non-ortho nitro benzene ring substituents is 1. The Hall–Kier alpha value is -1.60. The van der Waals surface area contributed by atoms with Gasteiger partial charge in [0.2, 0.25) is 0 Å². The van der Waals surface area contributed by atoms with Crippen molar-refractivity contribution in [1.82, 2.24) is 0 Å². The van der Waals surface area contributed by atoms with Gasteiger partial charge in [-0.25, -0.2) is 0 Å². The largest absolute Gasteiger partial charge is 0.485 e. The third-order valence-electron chi connectivity index (χ3n) is 3.92. The third-order valence-corrected chi connectivity index (χ3v) is 4.75. The van der Waals surface area contributed by atoms with Crippen LogP contribution in [0, 0.1) is 15.5 Å². The molecule has 122 valence electrons. The first-order valence-electron chi connectivity index (χ1n) is 7.36. The van der Waals surface area contributed by atoms with Crippen LogP contribution in [0.4, 0.5) is 5.69 Å². The molecule has 2 rings (SSSR count). The van der Waals surface area contributed by atoms with Gasteiger partial charge in [0.15, 0.2) is 26.1 Å². The van der Waals surface area contributed by atoms with Gasteiger partial charge in [0.05, 0.1) is 17.6 Å². The van der Waals surface area contributed by atoms with Crippen LogP contribution in [-0.4, -0.2) is 32.8 Å². The summed E-state index contributed by atoms with van der Waals surface area (Å²) in [6, 6.07) is 4.42. The molecule has 1 unspecified atom stereocenters. The molecule has 0 aromatic heterocycles. The van der Waals surface area contributed by atoms with Gasteiger partial charge in [0.1, 0.15) is 6.61 Å².